The predicted molar refractivity (Wildman–Crippen MR) is 80.1 cm³/mol. The van der Waals surface area contributed by atoms with E-state index < -0.39 is 0 Å². The van der Waals surface area contributed by atoms with E-state index in [1.54, 1.807) is 13.1 Å². The molecule has 2 heterocycles. The molecule has 0 bridgehead atoms. The van der Waals surface area contributed by atoms with Crippen LogP contribution in [0.15, 0.2) is 6.20 Å². The highest BCUT2D eigenvalue weighted by atomic mass is 16.5. The molecule has 3 N–H and O–H groups in total. The molecule has 2 rings (SSSR count). The molecule has 6 heteroatoms. The SMILES string of the molecule is Cc1ncc(CO)c(CNC(C)CN2CCOCC2)c1O. The lowest BCUT2D eigenvalue weighted by Crippen LogP contribution is -2.44. The van der Waals surface area contributed by atoms with Gasteiger partial charge in [-0.05, 0) is 13.8 Å². The average molecular weight is 295 g/mol. The second kappa shape index (κ2) is 7.70. The van der Waals surface area contributed by atoms with Gasteiger partial charge in [-0.15, -0.1) is 0 Å². The molecule has 0 amide bonds. The van der Waals surface area contributed by atoms with E-state index in [2.05, 4.69) is 22.1 Å². The predicted octanol–water partition coefficient (Wildman–Crippen LogP) is 0.398. The standard InChI is InChI=1S/C15H25N3O3/c1-11(9-18-3-5-21-6-4-18)16-8-14-13(10-19)7-17-12(2)15(14)20/h7,11,16,19-20H,3-6,8-10H2,1-2H3. The minimum atomic E-state index is -0.115. The Kier molecular flexibility index (Phi) is 5.93. The van der Waals surface area contributed by atoms with Gasteiger partial charge in [0.15, 0.2) is 0 Å². The Hall–Kier alpha value is -1.21. The van der Waals surface area contributed by atoms with Gasteiger partial charge in [-0.2, -0.15) is 0 Å². The average Bonchev–Trinajstić information content (AvgIpc) is 2.49. The number of pyridine rings is 1. The third-order valence-corrected chi connectivity index (χ3v) is 3.86. The molecule has 1 atom stereocenters. The van der Waals surface area contributed by atoms with Crippen LogP contribution in [0, 0.1) is 6.92 Å². The lowest BCUT2D eigenvalue weighted by Gasteiger charge is -2.29. The number of aliphatic hydroxyl groups excluding tert-OH is 1. The van der Waals surface area contributed by atoms with Crippen molar-refractivity contribution in [1.82, 2.24) is 15.2 Å². The molecule has 6 nitrogen and oxygen atoms in total. The number of aromatic hydroxyl groups is 1. The third kappa shape index (κ3) is 4.38. The Balaban J connectivity index is 1.91. The first-order valence-corrected chi connectivity index (χ1v) is 7.42. The summed E-state index contributed by atoms with van der Waals surface area (Å²) in [4.78, 5) is 6.44. The van der Waals surface area contributed by atoms with Crippen LogP contribution in [-0.2, 0) is 17.9 Å². The van der Waals surface area contributed by atoms with Crippen LogP contribution >= 0.6 is 0 Å². The van der Waals surface area contributed by atoms with Crippen LogP contribution in [0.4, 0.5) is 0 Å². The van der Waals surface area contributed by atoms with Crippen molar-refractivity contribution in [2.45, 2.75) is 33.0 Å². The minimum absolute atomic E-state index is 0.115. The number of hydrogen-bond acceptors (Lipinski definition) is 6. The van der Waals surface area contributed by atoms with Crippen molar-refractivity contribution in [3.05, 3.63) is 23.0 Å². The van der Waals surface area contributed by atoms with Gasteiger partial charge in [0.05, 0.1) is 25.5 Å². The van der Waals surface area contributed by atoms with Crippen molar-refractivity contribution in [3.63, 3.8) is 0 Å². The van der Waals surface area contributed by atoms with Crippen molar-refractivity contribution >= 4 is 0 Å². The molecule has 0 aromatic carbocycles. The van der Waals surface area contributed by atoms with Gasteiger partial charge in [-0.25, -0.2) is 0 Å². The Morgan fingerprint density at radius 2 is 2.14 bits per heavy atom. The second-order valence-corrected chi connectivity index (χ2v) is 5.55. The zero-order valence-electron chi connectivity index (χ0n) is 12.8. The number of nitrogens with one attached hydrogen (secondary N) is 1. The Labute approximate surface area is 125 Å². The monoisotopic (exact) mass is 295 g/mol. The van der Waals surface area contributed by atoms with Gasteiger partial charge in [0.1, 0.15) is 5.75 Å². The second-order valence-electron chi connectivity index (χ2n) is 5.55. The number of morpholine rings is 1. The Bertz CT molecular complexity index is 462. The molecule has 1 unspecified atom stereocenters. The summed E-state index contributed by atoms with van der Waals surface area (Å²) in [6.07, 6.45) is 1.62. The molecule has 0 spiro atoms. The lowest BCUT2D eigenvalue weighted by molar-refractivity contribution is 0.0343. The van der Waals surface area contributed by atoms with Gasteiger partial charge < -0.3 is 20.3 Å². The zero-order chi connectivity index (χ0) is 15.2. The molecular weight excluding hydrogens is 270 g/mol. The van der Waals surface area contributed by atoms with E-state index in [-0.39, 0.29) is 12.4 Å². The molecule has 1 fully saturated rings. The van der Waals surface area contributed by atoms with Crippen molar-refractivity contribution < 1.29 is 14.9 Å². The van der Waals surface area contributed by atoms with Gasteiger partial charge in [0.2, 0.25) is 0 Å². The summed E-state index contributed by atoms with van der Waals surface area (Å²) in [6, 6.07) is 0.294. The summed E-state index contributed by atoms with van der Waals surface area (Å²) in [5.74, 6) is 0.174. The first-order chi connectivity index (χ1) is 10.1. The van der Waals surface area contributed by atoms with E-state index in [1.165, 1.54) is 0 Å². The van der Waals surface area contributed by atoms with Gasteiger partial charge >= 0.3 is 0 Å². The van der Waals surface area contributed by atoms with Crippen molar-refractivity contribution in [2.75, 3.05) is 32.8 Å². The highest BCUT2D eigenvalue weighted by molar-refractivity contribution is 5.40. The maximum atomic E-state index is 10.1. The highest BCUT2D eigenvalue weighted by Gasteiger charge is 2.15. The number of aryl methyl sites for hydroxylation is 1. The van der Waals surface area contributed by atoms with Crippen LogP contribution in [0.2, 0.25) is 0 Å². The van der Waals surface area contributed by atoms with E-state index in [9.17, 15) is 10.2 Å². The summed E-state index contributed by atoms with van der Waals surface area (Å²) in [6.45, 7) is 8.77. The largest absolute Gasteiger partial charge is 0.506 e. The maximum Gasteiger partial charge on any atom is 0.141 e. The molecule has 1 aliphatic rings. The van der Waals surface area contributed by atoms with Crippen LogP contribution in [-0.4, -0.2) is 59.0 Å². The Morgan fingerprint density at radius 1 is 1.43 bits per heavy atom. The third-order valence-electron chi connectivity index (χ3n) is 3.86. The lowest BCUT2D eigenvalue weighted by atomic mass is 10.1. The molecule has 1 saturated heterocycles. The molecular formula is C15H25N3O3. The normalized spacial score (nSPS) is 17.9. The molecule has 0 saturated carbocycles. The number of ether oxygens (including phenoxy) is 1. The van der Waals surface area contributed by atoms with Crippen molar-refractivity contribution in [2.24, 2.45) is 0 Å². The van der Waals surface area contributed by atoms with Gasteiger partial charge in [-0.3, -0.25) is 9.88 Å². The first kappa shape index (κ1) is 16.2. The summed E-state index contributed by atoms with van der Waals surface area (Å²) in [5, 5.41) is 22.9. The van der Waals surface area contributed by atoms with Gasteiger partial charge in [0, 0.05) is 49.5 Å². The van der Waals surface area contributed by atoms with Crippen LogP contribution in [0.5, 0.6) is 5.75 Å². The smallest absolute Gasteiger partial charge is 0.141 e. The molecule has 21 heavy (non-hydrogen) atoms. The van der Waals surface area contributed by atoms with Crippen LogP contribution in [0.3, 0.4) is 0 Å². The van der Waals surface area contributed by atoms with E-state index in [0.29, 0.717) is 23.8 Å². The summed E-state index contributed by atoms with van der Waals surface area (Å²) in [7, 11) is 0. The molecule has 1 aliphatic heterocycles. The van der Waals surface area contributed by atoms with Crippen LogP contribution in [0.1, 0.15) is 23.7 Å². The first-order valence-electron chi connectivity index (χ1n) is 7.42. The number of rotatable bonds is 6. The highest BCUT2D eigenvalue weighted by Crippen LogP contribution is 2.23. The van der Waals surface area contributed by atoms with E-state index >= 15 is 0 Å². The molecule has 0 aliphatic carbocycles. The van der Waals surface area contributed by atoms with E-state index in [4.69, 9.17) is 4.74 Å². The van der Waals surface area contributed by atoms with Crippen molar-refractivity contribution in [3.8, 4) is 5.75 Å². The fraction of sp³-hybridized carbons (Fsp3) is 0.667. The summed E-state index contributed by atoms with van der Waals surface area (Å²) >= 11 is 0. The molecule has 1 aromatic heterocycles. The number of nitrogens with zero attached hydrogens (tertiary/aromatic N) is 2. The van der Waals surface area contributed by atoms with Gasteiger partial charge in [-0.1, -0.05) is 0 Å². The fourth-order valence-corrected chi connectivity index (χ4v) is 2.53. The van der Waals surface area contributed by atoms with Crippen LogP contribution in [0.25, 0.3) is 0 Å². The molecule has 0 radical (unpaired) electrons. The van der Waals surface area contributed by atoms with Crippen molar-refractivity contribution in [1.29, 1.82) is 0 Å². The number of aromatic nitrogens is 1. The summed E-state index contributed by atoms with van der Waals surface area (Å²) < 4.78 is 5.34. The maximum absolute atomic E-state index is 10.1. The fourth-order valence-electron chi connectivity index (χ4n) is 2.53. The number of hydrogen-bond donors (Lipinski definition) is 3. The van der Waals surface area contributed by atoms with E-state index in [0.717, 1.165) is 38.4 Å². The topological polar surface area (TPSA) is 77.9 Å². The summed E-state index contributed by atoms with van der Waals surface area (Å²) in [5.41, 5.74) is 1.99. The molecule has 118 valence electrons. The van der Waals surface area contributed by atoms with E-state index in [1.807, 2.05) is 0 Å². The minimum Gasteiger partial charge on any atom is -0.506 e. The van der Waals surface area contributed by atoms with Gasteiger partial charge in [0.25, 0.3) is 0 Å². The quantitative estimate of drug-likeness (QED) is 0.705. The zero-order valence-corrected chi connectivity index (χ0v) is 12.8. The molecule has 1 aromatic rings. The van der Waals surface area contributed by atoms with Crippen LogP contribution < -0.4 is 5.32 Å². The number of aliphatic hydroxyl groups is 1. The Morgan fingerprint density at radius 3 is 2.81 bits per heavy atom.